The summed E-state index contributed by atoms with van der Waals surface area (Å²) in [5, 5.41) is 5.21. The van der Waals surface area contributed by atoms with Crippen LogP contribution < -0.4 is 14.8 Å². The third-order valence-corrected chi connectivity index (χ3v) is 4.16. The maximum Gasteiger partial charge on any atom is 0.251 e. The maximum atomic E-state index is 12.3. The molecule has 3 aromatic rings. The van der Waals surface area contributed by atoms with Gasteiger partial charge in [0.25, 0.3) is 5.91 Å². The second kappa shape index (κ2) is 8.58. The standard InChI is InChI=1S/C23H25NO3/c1-4-26-22-12-10-19(23(25)24-16(2)3)13-20(22)15-27-21-11-9-17-7-5-6-8-18(17)14-21/h5-14,16H,4,15H2,1-3H3,(H,24,25). The summed E-state index contributed by atoms with van der Waals surface area (Å²) in [4.78, 5) is 12.3. The van der Waals surface area contributed by atoms with Crippen LogP contribution in [0.15, 0.2) is 60.7 Å². The van der Waals surface area contributed by atoms with Gasteiger partial charge in [0.05, 0.1) is 6.61 Å². The highest BCUT2D eigenvalue weighted by molar-refractivity contribution is 5.94. The number of carbonyl (C=O) groups is 1. The number of fused-ring (bicyclic) bond motifs is 1. The Hall–Kier alpha value is -3.01. The van der Waals surface area contributed by atoms with E-state index in [0.29, 0.717) is 18.8 Å². The maximum absolute atomic E-state index is 12.3. The molecule has 0 radical (unpaired) electrons. The summed E-state index contributed by atoms with van der Waals surface area (Å²) >= 11 is 0. The van der Waals surface area contributed by atoms with E-state index < -0.39 is 0 Å². The highest BCUT2D eigenvalue weighted by Crippen LogP contribution is 2.25. The normalized spacial score (nSPS) is 10.8. The molecule has 3 aromatic carbocycles. The van der Waals surface area contributed by atoms with Gasteiger partial charge in [-0.1, -0.05) is 30.3 Å². The van der Waals surface area contributed by atoms with Gasteiger partial charge < -0.3 is 14.8 Å². The minimum atomic E-state index is -0.0972. The molecule has 0 aliphatic carbocycles. The van der Waals surface area contributed by atoms with Gasteiger partial charge >= 0.3 is 0 Å². The molecular formula is C23H25NO3. The van der Waals surface area contributed by atoms with Crippen molar-refractivity contribution >= 4 is 16.7 Å². The van der Waals surface area contributed by atoms with Crippen molar-refractivity contribution in [3.8, 4) is 11.5 Å². The summed E-state index contributed by atoms with van der Waals surface area (Å²) in [6, 6.07) is 19.7. The van der Waals surface area contributed by atoms with E-state index >= 15 is 0 Å². The highest BCUT2D eigenvalue weighted by Gasteiger charge is 2.12. The Kier molecular flexibility index (Phi) is 5.97. The van der Waals surface area contributed by atoms with E-state index in [2.05, 4.69) is 17.4 Å². The number of nitrogens with one attached hydrogen (secondary N) is 1. The molecule has 1 amide bonds. The van der Waals surface area contributed by atoms with Gasteiger partial charge in [-0.15, -0.1) is 0 Å². The molecule has 4 heteroatoms. The second-order valence-electron chi connectivity index (χ2n) is 6.68. The van der Waals surface area contributed by atoms with E-state index in [1.54, 1.807) is 6.07 Å². The van der Waals surface area contributed by atoms with Crippen molar-refractivity contribution in [2.24, 2.45) is 0 Å². The van der Waals surface area contributed by atoms with Gasteiger partial charge in [-0.05, 0) is 61.9 Å². The molecule has 0 spiro atoms. The fourth-order valence-corrected chi connectivity index (χ4v) is 2.89. The molecule has 0 saturated heterocycles. The van der Waals surface area contributed by atoms with Crippen LogP contribution in [0.4, 0.5) is 0 Å². The fourth-order valence-electron chi connectivity index (χ4n) is 2.89. The Labute approximate surface area is 160 Å². The monoisotopic (exact) mass is 363 g/mol. The van der Waals surface area contributed by atoms with Crippen molar-refractivity contribution in [1.29, 1.82) is 0 Å². The first kappa shape index (κ1) is 18.8. The van der Waals surface area contributed by atoms with Crippen LogP contribution in [0.2, 0.25) is 0 Å². The molecule has 0 aromatic heterocycles. The Morgan fingerprint density at radius 2 is 1.74 bits per heavy atom. The van der Waals surface area contributed by atoms with Crippen molar-refractivity contribution < 1.29 is 14.3 Å². The summed E-state index contributed by atoms with van der Waals surface area (Å²) in [6.07, 6.45) is 0. The van der Waals surface area contributed by atoms with Gasteiger partial charge in [0, 0.05) is 17.2 Å². The highest BCUT2D eigenvalue weighted by atomic mass is 16.5. The second-order valence-corrected chi connectivity index (χ2v) is 6.68. The first-order valence-electron chi connectivity index (χ1n) is 9.25. The van der Waals surface area contributed by atoms with E-state index in [-0.39, 0.29) is 11.9 Å². The van der Waals surface area contributed by atoms with Gasteiger partial charge in [-0.25, -0.2) is 0 Å². The van der Waals surface area contributed by atoms with Crippen LogP contribution >= 0.6 is 0 Å². The van der Waals surface area contributed by atoms with Crippen LogP contribution in [0.3, 0.4) is 0 Å². The van der Waals surface area contributed by atoms with E-state index in [0.717, 1.165) is 22.4 Å². The van der Waals surface area contributed by atoms with Crippen LogP contribution in [0.1, 0.15) is 36.7 Å². The average Bonchev–Trinajstić information content (AvgIpc) is 2.66. The lowest BCUT2D eigenvalue weighted by Crippen LogP contribution is -2.30. The SMILES string of the molecule is CCOc1ccc(C(=O)NC(C)C)cc1COc1ccc2ccccc2c1. The zero-order valence-corrected chi connectivity index (χ0v) is 16.0. The summed E-state index contributed by atoms with van der Waals surface area (Å²) in [5.41, 5.74) is 1.45. The summed E-state index contributed by atoms with van der Waals surface area (Å²) in [7, 11) is 0. The Morgan fingerprint density at radius 1 is 0.963 bits per heavy atom. The Balaban J connectivity index is 1.81. The van der Waals surface area contributed by atoms with Crippen LogP contribution in [0.5, 0.6) is 11.5 Å². The van der Waals surface area contributed by atoms with Crippen molar-refractivity contribution in [3.63, 3.8) is 0 Å². The molecule has 0 aliphatic heterocycles. The molecule has 0 atom stereocenters. The Morgan fingerprint density at radius 3 is 2.48 bits per heavy atom. The zero-order valence-electron chi connectivity index (χ0n) is 16.0. The Bertz CT molecular complexity index is 934. The molecule has 0 heterocycles. The molecule has 1 N–H and O–H groups in total. The third kappa shape index (κ3) is 4.79. The lowest BCUT2D eigenvalue weighted by Gasteiger charge is -2.14. The van der Waals surface area contributed by atoms with Crippen molar-refractivity contribution in [3.05, 3.63) is 71.8 Å². The first-order valence-corrected chi connectivity index (χ1v) is 9.25. The van der Waals surface area contributed by atoms with Crippen molar-refractivity contribution in [2.75, 3.05) is 6.61 Å². The summed E-state index contributed by atoms with van der Waals surface area (Å²) in [6.45, 7) is 6.71. The van der Waals surface area contributed by atoms with Crippen LogP contribution in [0, 0.1) is 0 Å². The number of amides is 1. The van der Waals surface area contributed by atoms with Crippen molar-refractivity contribution in [1.82, 2.24) is 5.32 Å². The largest absolute Gasteiger partial charge is 0.493 e. The van der Waals surface area contributed by atoms with E-state index in [1.165, 1.54) is 5.39 Å². The first-order chi connectivity index (χ1) is 13.1. The molecule has 3 rings (SSSR count). The van der Waals surface area contributed by atoms with E-state index in [1.807, 2.05) is 63.2 Å². The molecule has 140 valence electrons. The molecule has 27 heavy (non-hydrogen) atoms. The van der Waals surface area contributed by atoms with E-state index in [9.17, 15) is 4.79 Å². The number of hydrogen-bond donors (Lipinski definition) is 1. The van der Waals surface area contributed by atoms with E-state index in [4.69, 9.17) is 9.47 Å². The summed E-state index contributed by atoms with van der Waals surface area (Å²) in [5.74, 6) is 1.42. The number of rotatable bonds is 7. The van der Waals surface area contributed by atoms with Gasteiger partial charge in [-0.3, -0.25) is 4.79 Å². The molecular weight excluding hydrogens is 338 g/mol. The molecule has 0 unspecified atom stereocenters. The van der Waals surface area contributed by atoms with Crippen LogP contribution in [-0.2, 0) is 6.61 Å². The lowest BCUT2D eigenvalue weighted by atomic mass is 10.1. The zero-order chi connectivity index (χ0) is 19.2. The van der Waals surface area contributed by atoms with Gasteiger partial charge in [0.1, 0.15) is 18.1 Å². The van der Waals surface area contributed by atoms with Gasteiger partial charge in [0.15, 0.2) is 0 Å². The number of benzene rings is 3. The number of carbonyl (C=O) groups excluding carboxylic acids is 1. The minimum absolute atomic E-state index is 0.0846. The molecule has 0 aliphatic rings. The predicted molar refractivity (Wildman–Crippen MR) is 108 cm³/mol. The average molecular weight is 363 g/mol. The quantitative estimate of drug-likeness (QED) is 0.646. The molecule has 0 fully saturated rings. The lowest BCUT2D eigenvalue weighted by molar-refractivity contribution is 0.0943. The topological polar surface area (TPSA) is 47.6 Å². The van der Waals surface area contributed by atoms with Crippen LogP contribution in [0.25, 0.3) is 10.8 Å². The van der Waals surface area contributed by atoms with Crippen LogP contribution in [-0.4, -0.2) is 18.6 Å². The molecule has 0 bridgehead atoms. The van der Waals surface area contributed by atoms with Gasteiger partial charge in [0.2, 0.25) is 0 Å². The predicted octanol–water partition coefficient (Wildman–Crippen LogP) is 4.96. The third-order valence-electron chi connectivity index (χ3n) is 4.16. The van der Waals surface area contributed by atoms with Crippen molar-refractivity contribution in [2.45, 2.75) is 33.4 Å². The minimum Gasteiger partial charge on any atom is -0.493 e. The van der Waals surface area contributed by atoms with Gasteiger partial charge in [-0.2, -0.15) is 0 Å². The summed E-state index contributed by atoms with van der Waals surface area (Å²) < 4.78 is 11.7. The fraction of sp³-hybridized carbons (Fsp3) is 0.261. The number of ether oxygens (including phenoxy) is 2. The smallest absolute Gasteiger partial charge is 0.251 e. The molecule has 4 nitrogen and oxygen atoms in total. The molecule has 0 saturated carbocycles. The number of hydrogen-bond acceptors (Lipinski definition) is 3.